The minimum absolute atomic E-state index is 0.0529. The minimum Gasteiger partial charge on any atom is -0.294 e. The second-order valence-corrected chi connectivity index (χ2v) is 3.70. The van der Waals surface area contributed by atoms with E-state index in [1.54, 1.807) is 6.07 Å². The highest BCUT2D eigenvalue weighted by Gasteiger charge is 2.29. The molecular weight excluding hydrogens is 236 g/mol. The quantitative estimate of drug-likeness (QED) is 0.767. The van der Waals surface area contributed by atoms with Crippen molar-refractivity contribution in [3.63, 3.8) is 0 Å². The summed E-state index contributed by atoms with van der Waals surface area (Å²) in [6, 6.07) is 5.21. The maximum atomic E-state index is 12.8. The summed E-state index contributed by atoms with van der Waals surface area (Å²) in [5.41, 5.74) is 0.430. The van der Waals surface area contributed by atoms with Gasteiger partial charge in [-0.1, -0.05) is 6.07 Å². The molecule has 1 rings (SSSR count). The van der Waals surface area contributed by atoms with Crippen LogP contribution in [0.15, 0.2) is 18.2 Å². The second-order valence-electron chi connectivity index (χ2n) is 3.70. The van der Waals surface area contributed by atoms with Crippen LogP contribution < -0.4 is 0 Å². The van der Waals surface area contributed by atoms with E-state index in [1.807, 2.05) is 0 Å². The average molecular weight is 246 g/mol. The van der Waals surface area contributed by atoms with Gasteiger partial charge in [-0.3, -0.25) is 4.90 Å². The fraction of sp³-hybridized carbons (Fsp3) is 0.364. The van der Waals surface area contributed by atoms with Gasteiger partial charge in [0.05, 0.1) is 18.2 Å². The summed E-state index contributed by atoms with van der Waals surface area (Å²) in [5, 5.41) is 8.73. The third-order valence-corrected chi connectivity index (χ3v) is 2.08. The molecule has 0 amide bonds. The van der Waals surface area contributed by atoms with Crippen molar-refractivity contribution in [2.75, 3.05) is 13.6 Å². The van der Waals surface area contributed by atoms with Crippen molar-refractivity contribution in [2.24, 2.45) is 0 Å². The van der Waals surface area contributed by atoms with Gasteiger partial charge in [-0.2, -0.15) is 18.4 Å². The van der Waals surface area contributed by atoms with Gasteiger partial charge in [-0.15, -0.1) is 0 Å². The molecule has 1 aromatic carbocycles. The summed E-state index contributed by atoms with van der Waals surface area (Å²) in [5.74, 6) is -0.580. The molecule has 0 saturated heterocycles. The second kappa shape index (κ2) is 5.15. The zero-order chi connectivity index (χ0) is 13.1. The smallest absolute Gasteiger partial charge is 0.294 e. The Hall–Kier alpha value is -1.61. The fourth-order valence-electron chi connectivity index (χ4n) is 1.44. The molecule has 0 spiro atoms. The number of alkyl halides is 3. The van der Waals surface area contributed by atoms with Gasteiger partial charge in [0.2, 0.25) is 0 Å². The fourth-order valence-corrected chi connectivity index (χ4v) is 1.44. The Kier molecular flexibility index (Phi) is 4.07. The summed E-state index contributed by atoms with van der Waals surface area (Å²) in [6.45, 7) is -1.13. The highest BCUT2D eigenvalue weighted by Crippen LogP contribution is 2.18. The molecule has 2 nitrogen and oxygen atoms in total. The predicted molar refractivity (Wildman–Crippen MR) is 53.5 cm³/mol. The van der Waals surface area contributed by atoms with E-state index in [0.29, 0.717) is 5.56 Å². The van der Waals surface area contributed by atoms with E-state index in [-0.39, 0.29) is 12.1 Å². The molecule has 0 aliphatic rings. The van der Waals surface area contributed by atoms with Crippen LogP contribution in [0.5, 0.6) is 0 Å². The molecule has 0 heterocycles. The van der Waals surface area contributed by atoms with E-state index in [0.717, 1.165) is 17.0 Å². The van der Waals surface area contributed by atoms with Gasteiger partial charge in [0.25, 0.3) is 0 Å². The van der Waals surface area contributed by atoms with Crippen LogP contribution in [0.2, 0.25) is 0 Å². The average Bonchev–Trinajstić information content (AvgIpc) is 2.17. The van der Waals surface area contributed by atoms with E-state index >= 15 is 0 Å². The molecule has 92 valence electrons. The van der Waals surface area contributed by atoms with Crippen molar-refractivity contribution in [3.05, 3.63) is 35.1 Å². The van der Waals surface area contributed by atoms with Crippen molar-refractivity contribution < 1.29 is 17.6 Å². The number of nitriles is 1. The Balaban J connectivity index is 2.79. The van der Waals surface area contributed by atoms with Crippen LogP contribution in [0, 0.1) is 17.1 Å². The normalized spacial score (nSPS) is 11.6. The van der Waals surface area contributed by atoms with Gasteiger partial charge < -0.3 is 0 Å². The molecule has 0 aliphatic heterocycles. The van der Waals surface area contributed by atoms with Crippen molar-refractivity contribution in [1.29, 1.82) is 5.26 Å². The van der Waals surface area contributed by atoms with Gasteiger partial charge in [-0.25, -0.2) is 4.39 Å². The zero-order valence-corrected chi connectivity index (χ0v) is 9.05. The number of benzene rings is 1. The lowest BCUT2D eigenvalue weighted by atomic mass is 10.1. The Morgan fingerprint density at radius 1 is 1.35 bits per heavy atom. The van der Waals surface area contributed by atoms with E-state index in [2.05, 4.69) is 0 Å². The molecule has 0 saturated carbocycles. The maximum Gasteiger partial charge on any atom is 0.401 e. The molecular formula is C11H10F4N2. The number of hydrogen-bond donors (Lipinski definition) is 0. The lowest BCUT2D eigenvalue weighted by Crippen LogP contribution is -2.30. The number of halogens is 4. The van der Waals surface area contributed by atoms with Crippen molar-refractivity contribution in [1.82, 2.24) is 4.90 Å². The van der Waals surface area contributed by atoms with Gasteiger partial charge in [0, 0.05) is 6.54 Å². The van der Waals surface area contributed by atoms with E-state index in [1.165, 1.54) is 13.1 Å². The maximum absolute atomic E-state index is 12.8. The van der Waals surface area contributed by atoms with Crippen molar-refractivity contribution in [3.8, 4) is 6.07 Å². The third-order valence-electron chi connectivity index (χ3n) is 2.08. The minimum atomic E-state index is -4.29. The molecule has 17 heavy (non-hydrogen) atoms. The molecule has 0 N–H and O–H groups in total. The van der Waals surface area contributed by atoms with Crippen LogP contribution in [-0.2, 0) is 6.54 Å². The summed E-state index contributed by atoms with van der Waals surface area (Å²) in [7, 11) is 1.29. The van der Waals surface area contributed by atoms with E-state index in [9.17, 15) is 17.6 Å². The number of rotatable bonds is 3. The van der Waals surface area contributed by atoms with Gasteiger partial charge >= 0.3 is 6.18 Å². The van der Waals surface area contributed by atoms with Gasteiger partial charge in [0.1, 0.15) is 5.82 Å². The highest BCUT2D eigenvalue weighted by atomic mass is 19.4. The molecule has 0 aromatic heterocycles. The topological polar surface area (TPSA) is 27.0 Å². The summed E-state index contributed by atoms with van der Waals surface area (Å²) in [6.07, 6.45) is -4.29. The first kappa shape index (κ1) is 13.5. The van der Waals surface area contributed by atoms with E-state index in [4.69, 9.17) is 5.26 Å². The monoisotopic (exact) mass is 246 g/mol. The molecule has 1 aromatic rings. The molecule has 0 aliphatic carbocycles. The Morgan fingerprint density at radius 3 is 2.53 bits per heavy atom. The Bertz CT molecular complexity index is 434. The lowest BCUT2D eigenvalue weighted by molar-refractivity contribution is -0.144. The molecule has 0 atom stereocenters. The molecule has 6 heteroatoms. The summed E-state index contributed by atoms with van der Waals surface area (Å²) < 4.78 is 49.1. The SMILES string of the molecule is CN(Cc1ccc(F)cc1C#N)CC(F)(F)F. The first-order chi connectivity index (χ1) is 7.81. The van der Waals surface area contributed by atoms with Crippen LogP contribution in [0.3, 0.4) is 0 Å². The third kappa shape index (κ3) is 4.41. The van der Waals surface area contributed by atoms with Crippen LogP contribution >= 0.6 is 0 Å². The summed E-state index contributed by atoms with van der Waals surface area (Å²) in [4.78, 5) is 1.02. The van der Waals surface area contributed by atoms with Crippen LogP contribution in [0.25, 0.3) is 0 Å². The van der Waals surface area contributed by atoms with Gasteiger partial charge in [0.15, 0.2) is 0 Å². The van der Waals surface area contributed by atoms with Gasteiger partial charge in [-0.05, 0) is 24.7 Å². The molecule has 0 fully saturated rings. The predicted octanol–water partition coefficient (Wildman–Crippen LogP) is 2.69. The highest BCUT2D eigenvalue weighted by molar-refractivity contribution is 5.37. The Morgan fingerprint density at radius 2 is 2.00 bits per heavy atom. The largest absolute Gasteiger partial charge is 0.401 e. The zero-order valence-electron chi connectivity index (χ0n) is 9.05. The standard InChI is InChI=1S/C11H10F4N2/c1-17(7-11(13,14)15)6-8-2-3-10(12)4-9(8)5-16/h2-4H,6-7H2,1H3. The van der Waals surface area contributed by atoms with Crippen molar-refractivity contribution in [2.45, 2.75) is 12.7 Å². The van der Waals surface area contributed by atoms with E-state index < -0.39 is 18.5 Å². The van der Waals surface area contributed by atoms with Crippen LogP contribution in [0.4, 0.5) is 17.6 Å². The lowest BCUT2D eigenvalue weighted by Gasteiger charge is -2.19. The van der Waals surface area contributed by atoms with Crippen molar-refractivity contribution >= 4 is 0 Å². The Labute approximate surface area is 96.1 Å². The molecule has 0 unspecified atom stereocenters. The first-order valence-corrected chi connectivity index (χ1v) is 4.75. The number of nitrogens with zero attached hydrogens (tertiary/aromatic N) is 2. The molecule has 0 bridgehead atoms. The summed E-state index contributed by atoms with van der Waals surface area (Å²) >= 11 is 0. The van der Waals surface area contributed by atoms with Crippen LogP contribution in [0.1, 0.15) is 11.1 Å². The first-order valence-electron chi connectivity index (χ1n) is 4.75. The van der Waals surface area contributed by atoms with Crippen LogP contribution in [-0.4, -0.2) is 24.7 Å². The molecule has 0 radical (unpaired) electrons. The number of hydrogen-bond acceptors (Lipinski definition) is 2.